The third-order valence-corrected chi connectivity index (χ3v) is 5.85. The predicted molar refractivity (Wildman–Crippen MR) is 104 cm³/mol. The van der Waals surface area contributed by atoms with Crippen LogP contribution in [0.1, 0.15) is 12.0 Å². The van der Waals surface area contributed by atoms with Crippen molar-refractivity contribution in [1.29, 1.82) is 0 Å². The Labute approximate surface area is 164 Å². The zero-order valence-electron chi connectivity index (χ0n) is 13.4. The van der Waals surface area contributed by atoms with E-state index in [0.717, 1.165) is 15.7 Å². The molecule has 130 valence electrons. The quantitative estimate of drug-likeness (QED) is 0.723. The molecule has 7 heteroatoms. The molecule has 0 unspecified atom stereocenters. The summed E-state index contributed by atoms with van der Waals surface area (Å²) in [7, 11) is 0. The number of rotatable bonds is 3. The van der Waals surface area contributed by atoms with Crippen LogP contribution in [0.25, 0.3) is 0 Å². The second-order valence-corrected chi connectivity index (χ2v) is 7.58. The van der Waals surface area contributed by atoms with Crippen LogP contribution in [0.4, 0.5) is 11.4 Å². The summed E-state index contributed by atoms with van der Waals surface area (Å²) in [4.78, 5) is 26.5. The second kappa shape index (κ2) is 7.36. The lowest BCUT2D eigenvalue weighted by molar-refractivity contribution is -0.122. The summed E-state index contributed by atoms with van der Waals surface area (Å²) in [6.07, 6.45) is 0.169. The standard InChI is InChI=1S/C18H15BrCl2N2O2/c1-10-14(20)3-2-4-16(10)23-9-11(7-17(23)24)18(25)22-12-5-6-13(19)15(21)8-12/h2-6,8,11H,7,9H2,1H3,(H,22,25)/t11-/m0/s1. The third kappa shape index (κ3) is 3.84. The number of nitrogens with one attached hydrogen (secondary N) is 1. The number of carbonyl (C=O) groups excluding carboxylic acids is 2. The molecule has 1 fully saturated rings. The minimum atomic E-state index is -0.423. The maximum Gasteiger partial charge on any atom is 0.229 e. The number of anilines is 2. The molecule has 0 saturated carbocycles. The van der Waals surface area contributed by atoms with Gasteiger partial charge in [-0.1, -0.05) is 29.3 Å². The van der Waals surface area contributed by atoms with E-state index in [-0.39, 0.29) is 18.2 Å². The zero-order chi connectivity index (χ0) is 18.1. The molecule has 1 aliphatic rings. The van der Waals surface area contributed by atoms with Gasteiger partial charge < -0.3 is 10.2 Å². The fourth-order valence-corrected chi connectivity index (χ4v) is 3.42. The summed E-state index contributed by atoms with van der Waals surface area (Å²) in [6.45, 7) is 2.19. The topological polar surface area (TPSA) is 49.4 Å². The van der Waals surface area contributed by atoms with Gasteiger partial charge in [-0.3, -0.25) is 9.59 Å². The Morgan fingerprint density at radius 1 is 1.24 bits per heavy atom. The van der Waals surface area contributed by atoms with Gasteiger partial charge in [-0.05, 0) is 58.7 Å². The number of hydrogen-bond donors (Lipinski definition) is 1. The maximum absolute atomic E-state index is 12.5. The smallest absolute Gasteiger partial charge is 0.229 e. The molecule has 2 aromatic rings. The highest BCUT2D eigenvalue weighted by atomic mass is 79.9. The Balaban J connectivity index is 1.74. The van der Waals surface area contributed by atoms with Gasteiger partial charge in [-0.2, -0.15) is 0 Å². The van der Waals surface area contributed by atoms with Gasteiger partial charge >= 0.3 is 0 Å². The van der Waals surface area contributed by atoms with Crippen LogP contribution in [-0.2, 0) is 9.59 Å². The van der Waals surface area contributed by atoms with Crippen LogP contribution in [0.3, 0.4) is 0 Å². The van der Waals surface area contributed by atoms with Gasteiger partial charge in [-0.15, -0.1) is 0 Å². The summed E-state index contributed by atoms with van der Waals surface area (Å²) in [5.74, 6) is -0.707. The predicted octanol–water partition coefficient (Wildman–Crippen LogP) is 5.06. The van der Waals surface area contributed by atoms with Crippen LogP contribution in [0, 0.1) is 12.8 Å². The molecule has 1 N–H and O–H groups in total. The van der Waals surface area contributed by atoms with Crippen molar-refractivity contribution < 1.29 is 9.59 Å². The van der Waals surface area contributed by atoms with E-state index in [1.54, 1.807) is 35.2 Å². The van der Waals surface area contributed by atoms with Crippen molar-refractivity contribution >= 4 is 62.3 Å². The van der Waals surface area contributed by atoms with Crippen molar-refractivity contribution in [2.24, 2.45) is 5.92 Å². The summed E-state index contributed by atoms with van der Waals surface area (Å²) in [5.41, 5.74) is 2.18. The SMILES string of the molecule is Cc1c(Cl)cccc1N1C[C@@H](C(=O)Nc2ccc(Br)c(Cl)c2)CC1=O. The zero-order valence-corrected chi connectivity index (χ0v) is 16.5. The van der Waals surface area contributed by atoms with E-state index in [0.29, 0.717) is 22.3 Å². The Bertz CT molecular complexity index is 857. The van der Waals surface area contributed by atoms with Crippen molar-refractivity contribution in [1.82, 2.24) is 0 Å². The van der Waals surface area contributed by atoms with Crippen LogP contribution in [-0.4, -0.2) is 18.4 Å². The molecule has 1 aliphatic heterocycles. The lowest BCUT2D eigenvalue weighted by Crippen LogP contribution is -2.28. The Morgan fingerprint density at radius 3 is 2.72 bits per heavy atom. The van der Waals surface area contributed by atoms with Crippen molar-refractivity contribution in [2.75, 3.05) is 16.8 Å². The lowest BCUT2D eigenvalue weighted by atomic mass is 10.1. The lowest BCUT2D eigenvalue weighted by Gasteiger charge is -2.19. The molecule has 0 radical (unpaired) electrons. The first-order valence-corrected chi connectivity index (χ1v) is 9.23. The highest BCUT2D eigenvalue weighted by Crippen LogP contribution is 2.32. The fraction of sp³-hybridized carbons (Fsp3) is 0.222. The molecule has 0 spiro atoms. The van der Waals surface area contributed by atoms with E-state index in [2.05, 4.69) is 21.2 Å². The van der Waals surface area contributed by atoms with Gasteiger partial charge in [0.15, 0.2) is 0 Å². The van der Waals surface area contributed by atoms with Gasteiger partial charge in [-0.25, -0.2) is 0 Å². The first-order valence-electron chi connectivity index (χ1n) is 7.68. The Morgan fingerprint density at radius 2 is 2.00 bits per heavy atom. The average Bonchev–Trinajstić information content (AvgIpc) is 2.95. The highest BCUT2D eigenvalue weighted by molar-refractivity contribution is 9.10. The fourth-order valence-electron chi connectivity index (χ4n) is 2.82. The molecule has 2 aromatic carbocycles. The molecule has 0 bridgehead atoms. The van der Waals surface area contributed by atoms with Crippen LogP contribution in [0.2, 0.25) is 10.0 Å². The van der Waals surface area contributed by atoms with Crippen molar-refractivity contribution in [3.05, 3.63) is 56.5 Å². The van der Waals surface area contributed by atoms with E-state index in [1.807, 2.05) is 13.0 Å². The number of nitrogens with zero attached hydrogens (tertiary/aromatic N) is 1. The molecular weight excluding hydrogens is 427 g/mol. The summed E-state index contributed by atoms with van der Waals surface area (Å²) in [5, 5.41) is 3.93. The largest absolute Gasteiger partial charge is 0.326 e. The monoisotopic (exact) mass is 440 g/mol. The number of benzene rings is 2. The van der Waals surface area contributed by atoms with Crippen LogP contribution < -0.4 is 10.2 Å². The van der Waals surface area contributed by atoms with Crippen LogP contribution in [0.5, 0.6) is 0 Å². The summed E-state index contributed by atoms with van der Waals surface area (Å²) < 4.78 is 0.755. The van der Waals surface area contributed by atoms with Gasteiger partial charge in [0.25, 0.3) is 0 Å². The Kier molecular flexibility index (Phi) is 5.37. The van der Waals surface area contributed by atoms with Crippen LogP contribution >= 0.6 is 39.1 Å². The van der Waals surface area contributed by atoms with Gasteiger partial charge in [0, 0.05) is 33.8 Å². The molecule has 0 aromatic heterocycles. The minimum Gasteiger partial charge on any atom is -0.326 e. The van der Waals surface area contributed by atoms with Crippen molar-refractivity contribution in [2.45, 2.75) is 13.3 Å². The first-order chi connectivity index (χ1) is 11.9. The van der Waals surface area contributed by atoms with Crippen molar-refractivity contribution in [3.63, 3.8) is 0 Å². The van der Waals surface area contributed by atoms with Crippen molar-refractivity contribution in [3.8, 4) is 0 Å². The number of amides is 2. The van der Waals surface area contributed by atoms with E-state index < -0.39 is 5.92 Å². The third-order valence-electron chi connectivity index (χ3n) is 4.21. The Hall–Kier alpha value is -1.56. The molecular formula is C18H15BrCl2N2O2. The molecule has 1 saturated heterocycles. The number of halogens is 3. The molecule has 3 rings (SSSR count). The van der Waals surface area contributed by atoms with Crippen LogP contribution in [0.15, 0.2) is 40.9 Å². The van der Waals surface area contributed by atoms with Gasteiger partial charge in [0.2, 0.25) is 11.8 Å². The molecule has 1 atom stereocenters. The maximum atomic E-state index is 12.5. The molecule has 0 aliphatic carbocycles. The molecule has 4 nitrogen and oxygen atoms in total. The molecule has 1 heterocycles. The summed E-state index contributed by atoms with van der Waals surface area (Å²) in [6, 6.07) is 10.6. The van der Waals surface area contributed by atoms with E-state index >= 15 is 0 Å². The number of hydrogen-bond acceptors (Lipinski definition) is 2. The summed E-state index contributed by atoms with van der Waals surface area (Å²) >= 11 is 15.5. The highest BCUT2D eigenvalue weighted by Gasteiger charge is 2.35. The molecule has 25 heavy (non-hydrogen) atoms. The van der Waals surface area contributed by atoms with Gasteiger partial charge in [0.05, 0.1) is 10.9 Å². The molecule has 2 amide bonds. The normalized spacial score (nSPS) is 17.0. The van der Waals surface area contributed by atoms with E-state index in [4.69, 9.17) is 23.2 Å². The first kappa shape index (κ1) is 18.2. The van der Waals surface area contributed by atoms with E-state index in [1.165, 1.54) is 0 Å². The second-order valence-electron chi connectivity index (χ2n) is 5.91. The van der Waals surface area contributed by atoms with E-state index in [9.17, 15) is 9.59 Å². The number of carbonyl (C=O) groups is 2. The minimum absolute atomic E-state index is 0.0839. The van der Waals surface area contributed by atoms with Gasteiger partial charge in [0.1, 0.15) is 0 Å². The average molecular weight is 442 g/mol.